The summed E-state index contributed by atoms with van der Waals surface area (Å²) < 4.78 is 5.65. The van der Waals surface area contributed by atoms with Gasteiger partial charge in [-0.1, -0.05) is 25.5 Å². The number of nitrogens with one attached hydrogen (secondary N) is 1. The van der Waals surface area contributed by atoms with Gasteiger partial charge in [-0.15, -0.1) is 11.3 Å². The average molecular weight is 290 g/mol. The number of nitrogens with zero attached hydrogens (tertiary/aromatic N) is 1. The molecule has 0 bridgehead atoms. The minimum atomic E-state index is 0.807. The van der Waals surface area contributed by atoms with E-state index in [1.807, 2.05) is 17.6 Å². The van der Waals surface area contributed by atoms with Gasteiger partial charge in [0.1, 0.15) is 5.75 Å². The van der Waals surface area contributed by atoms with Gasteiger partial charge in [-0.2, -0.15) is 0 Å². The molecule has 0 amide bonds. The van der Waals surface area contributed by atoms with E-state index >= 15 is 0 Å². The Morgan fingerprint density at radius 3 is 2.80 bits per heavy atom. The Labute approximate surface area is 125 Å². The van der Waals surface area contributed by atoms with Crippen LogP contribution in [0.25, 0.3) is 0 Å². The molecule has 0 fully saturated rings. The molecule has 4 heteroatoms. The number of benzene rings is 1. The van der Waals surface area contributed by atoms with Crippen LogP contribution in [-0.2, 0) is 13.0 Å². The van der Waals surface area contributed by atoms with Gasteiger partial charge < -0.3 is 10.1 Å². The maximum absolute atomic E-state index is 5.65. The van der Waals surface area contributed by atoms with E-state index in [9.17, 15) is 0 Å². The number of hydrogen-bond donors (Lipinski definition) is 1. The van der Waals surface area contributed by atoms with Crippen LogP contribution in [0.2, 0.25) is 0 Å². The molecule has 0 aliphatic rings. The summed E-state index contributed by atoms with van der Waals surface area (Å²) in [5.74, 6) is 0.963. The lowest BCUT2D eigenvalue weighted by Gasteiger charge is -2.07. The third-order valence-corrected chi connectivity index (χ3v) is 3.70. The second-order valence-corrected chi connectivity index (χ2v) is 5.47. The number of rotatable bonds is 9. The van der Waals surface area contributed by atoms with Crippen molar-refractivity contribution in [3.63, 3.8) is 0 Å². The van der Waals surface area contributed by atoms with Gasteiger partial charge in [0.05, 0.1) is 17.8 Å². The predicted octanol–water partition coefficient (Wildman–Crippen LogP) is 3.65. The lowest BCUT2D eigenvalue weighted by molar-refractivity contribution is 0.309. The van der Waals surface area contributed by atoms with Crippen LogP contribution in [0.15, 0.2) is 35.2 Å². The van der Waals surface area contributed by atoms with E-state index in [-0.39, 0.29) is 0 Å². The molecule has 2 aromatic rings. The largest absolute Gasteiger partial charge is 0.494 e. The zero-order valence-corrected chi connectivity index (χ0v) is 12.8. The summed E-state index contributed by atoms with van der Waals surface area (Å²) in [5.41, 5.74) is 4.33. The topological polar surface area (TPSA) is 34.1 Å². The van der Waals surface area contributed by atoms with Crippen LogP contribution in [0, 0.1) is 0 Å². The molecule has 108 valence electrons. The Bertz CT molecular complexity index is 468. The van der Waals surface area contributed by atoms with Crippen molar-refractivity contribution in [1.29, 1.82) is 0 Å². The molecule has 0 unspecified atom stereocenters. The van der Waals surface area contributed by atoms with Crippen molar-refractivity contribution in [2.24, 2.45) is 0 Å². The molecule has 0 atom stereocenters. The second kappa shape index (κ2) is 8.72. The molecular formula is C16H22N2OS. The first-order valence-corrected chi connectivity index (χ1v) is 8.12. The molecule has 1 aromatic carbocycles. The van der Waals surface area contributed by atoms with Gasteiger partial charge in [-0.3, -0.25) is 0 Å². The summed E-state index contributed by atoms with van der Waals surface area (Å²) >= 11 is 1.65. The SMILES string of the molecule is CCCCOc1ccc(CNCCc2cscn2)cc1. The Balaban J connectivity index is 1.65. The fraction of sp³-hybridized carbons (Fsp3) is 0.438. The van der Waals surface area contributed by atoms with Gasteiger partial charge in [0.25, 0.3) is 0 Å². The predicted molar refractivity (Wildman–Crippen MR) is 84.4 cm³/mol. The van der Waals surface area contributed by atoms with Crippen LogP contribution >= 0.6 is 11.3 Å². The second-order valence-electron chi connectivity index (χ2n) is 4.75. The van der Waals surface area contributed by atoms with Crippen molar-refractivity contribution in [1.82, 2.24) is 10.3 Å². The zero-order valence-electron chi connectivity index (χ0n) is 12.0. The van der Waals surface area contributed by atoms with E-state index < -0.39 is 0 Å². The number of thiazole rings is 1. The van der Waals surface area contributed by atoms with E-state index in [1.54, 1.807) is 11.3 Å². The van der Waals surface area contributed by atoms with Crippen LogP contribution in [0.1, 0.15) is 31.0 Å². The van der Waals surface area contributed by atoms with E-state index in [2.05, 4.69) is 34.7 Å². The minimum Gasteiger partial charge on any atom is -0.494 e. The van der Waals surface area contributed by atoms with Gasteiger partial charge in [0.2, 0.25) is 0 Å². The van der Waals surface area contributed by atoms with E-state index in [4.69, 9.17) is 4.74 Å². The highest BCUT2D eigenvalue weighted by Gasteiger charge is 1.97. The number of unbranched alkanes of at least 4 members (excludes halogenated alkanes) is 1. The standard InChI is InChI=1S/C16H22N2OS/c1-2-3-10-19-16-6-4-14(5-7-16)11-17-9-8-15-12-20-13-18-15/h4-7,12-13,17H,2-3,8-11H2,1H3. The van der Waals surface area contributed by atoms with Gasteiger partial charge >= 0.3 is 0 Å². The Hall–Kier alpha value is -1.39. The first-order valence-electron chi connectivity index (χ1n) is 7.18. The fourth-order valence-electron chi connectivity index (χ4n) is 1.85. The molecule has 0 saturated heterocycles. The highest BCUT2D eigenvalue weighted by Crippen LogP contribution is 2.12. The first kappa shape index (κ1) is 15.0. The Morgan fingerprint density at radius 2 is 2.10 bits per heavy atom. The number of hydrogen-bond acceptors (Lipinski definition) is 4. The van der Waals surface area contributed by atoms with E-state index in [0.717, 1.165) is 38.3 Å². The normalized spacial score (nSPS) is 10.7. The molecule has 0 radical (unpaired) electrons. The highest BCUT2D eigenvalue weighted by molar-refractivity contribution is 7.07. The van der Waals surface area contributed by atoms with Crippen molar-refractivity contribution in [2.75, 3.05) is 13.2 Å². The summed E-state index contributed by atoms with van der Waals surface area (Å²) in [6.07, 6.45) is 3.27. The van der Waals surface area contributed by atoms with Crippen LogP contribution in [0.3, 0.4) is 0 Å². The van der Waals surface area contributed by atoms with Gasteiger partial charge in [0.15, 0.2) is 0 Å². The summed E-state index contributed by atoms with van der Waals surface area (Å²) in [7, 11) is 0. The summed E-state index contributed by atoms with van der Waals surface area (Å²) in [6, 6.07) is 8.34. The summed E-state index contributed by atoms with van der Waals surface area (Å²) in [4.78, 5) is 4.27. The minimum absolute atomic E-state index is 0.807. The van der Waals surface area contributed by atoms with Crippen LogP contribution in [0.5, 0.6) is 5.75 Å². The fourth-order valence-corrected chi connectivity index (χ4v) is 2.44. The smallest absolute Gasteiger partial charge is 0.119 e. The van der Waals surface area contributed by atoms with Gasteiger partial charge in [0, 0.05) is 24.9 Å². The molecule has 0 aliphatic heterocycles. The quantitative estimate of drug-likeness (QED) is 0.716. The van der Waals surface area contributed by atoms with Crippen molar-refractivity contribution >= 4 is 11.3 Å². The van der Waals surface area contributed by atoms with E-state index in [1.165, 1.54) is 17.7 Å². The van der Waals surface area contributed by atoms with Crippen molar-refractivity contribution < 1.29 is 4.74 Å². The van der Waals surface area contributed by atoms with E-state index in [0.29, 0.717) is 0 Å². The summed E-state index contributed by atoms with van der Waals surface area (Å²) in [6.45, 7) is 4.82. The maximum Gasteiger partial charge on any atom is 0.119 e. The molecule has 1 heterocycles. The highest BCUT2D eigenvalue weighted by atomic mass is 32.1. The lowest BCUT2D eigenvalue weighted by Crippen LogP contribution is -2.16. The molecular weight excluding hydrogens is 268 g/mol. The third-order valence-electron chi connectivity index (χ3n) is 3.06. The molecule has 1 N–H and O–H groups in total. The zero-order chi connectivity index (χ0) is 14.0. The lowest BCUT2D eigenvalue weighted by atomic mass is 10.2. The first-order chi connectivity index (χ1) is 9.88. The summed E-state index contributed by atoms with van der Waals surface area (Å²) in [5, 5.41) is 5.54. The number of ether oxygens (including phenoxy) is 1. The Kier molecular flexibility index (Phi) is 6.54. The van der Waals surface area contributed by atoms with Gasteiger partial charge in [-0.25, -0.2) is 4.98 Å². The molecule has 2 rings (SSSR count). The third kappa shape index (κ3) is 5.31. The van der Waals surface area contributed by atoms with Crippen molar-refractivity contribution in [3.8, 4) is 5.75 Å². The van der Waals surface area contributed by atoms with Crippen LogP contribution < -0.4 is 10.1 Å². The molecule has 20 heavy (non-hydrogen) atoms. The number of aromatic nitrogens is 1. The average Bonchev–Trinajstić information content (AvgIpc) is 2.99. The molecule has 0 saturated carbocycles. The van der Waals surface area contributed by atoms with Crippen molar-refractivity contribution in [2.45, 2.75) is 32.7 Å². The van der Waals surface area contributed by atoms with Crippen LogP contribution in [-0.4, -0.2) is 18.1 Å². The Morgan fingerprint density at radius 1 is 1.25 bits per heavy atom. The monoisotopic (exact) mass is 290 g/mol. The molecule has 0 aliphatic carbocycles. The molecule has 0 spiro atoms. The van der Waals surface area contributed by atoms with Gasteiger partial charge in [-0.05, 0) is 24.1 Å². The van der Waals surface area contributed by atoms with Crippen molar-refractivity contribution in [3.05, 3.63) is 46.4 Å². The molecule has 3 nitrogen and oxygen atoms in total. The van der Waals surface area contributed by atoms with Crippen LogP contribution in [0.4, 0.5) is 0 Å². The maximum atomic E-state index is 5.65. The molecule has 1 aromatic heterocycles.